The highest BCUT2D eigenvalue weighted by Crippen LogP contribution is 2.39. The van der Waals surface area contributed by atoms with E-state index in [1.807, 2.05) is 30.5 Å². The Morgan fingerprint density at radius 3 is 2.86 bits per heavy atom. The Balaban J connectivity index is 1.55. The minimum atomic E-state index is -0.246. The first-order valence-corrected chi connectivity index (χ1v) is 10.8. The number of esters is 1. The summed E-state index contributed by atoms with van der Waals surface area (Å²) in [7, 11) is 1.67. The molecule has 4 heterocycles. The molecule has 1 unspecified atom stereocenters. The van der Waals surface area contributed by atoms with E-state index in [1.54, 1.807) is 12.0 Å². The van der Waals surface area contributed by atoms with Gasteiger partial charge in [-0.1, -0.05) is 6.08 Å². The molecule has 1 aromatic carbocycles. The third kappa shape index (κ3) is 3.42. The van der Waals surface area contributed by atoms with Gasteiger partial charge in [0.15, 0.2) is 6.10 Å². The van der Waals surface area contributed by atoms with Crippen molar-refractivity contribution in [2.24, 2.45) is 17.8 Å². The number of fused-ring (bicyclic) bond motifs is 4. The molecule has 5 atom stereocenters. The second-order valence-electron chi connectivity index (χ2n) is 8.82. The first-order chi connectivity index (χ1) is 14.2. The van der Waals surface area contributed by atoms with E-state index in [4.69, 9.17) is 9.47 Å². The van der Waals surface area contributed by atoms with Crippen LogP contribution in [0.25, 0.3) is 10.9 Å². The molecule has 1 saturated carbocycles. The van der Waals surface area contributed by atoms with Crippen molar-refractivity contribution in [3.63, 3.8) is 0 Å². The molecule has 6 rings (SSSR count). The molecule has 1 N–H and O–H groups in total. The lowest BCUT2D eigenvalue weighted by Gasteiger charge is -2.48. The number of hydrogen-bond donors (Lipinski definition) is 1. The highest BCUT2D eigenvalue weighted by atomic mass is 16.5. The summed E-state index contributed by atoms with van der Waals surface area (Å²) < 4.78 is 11.7. The molecule has 0 amide bonds. The number of piperidine rings is 3. The molecule has 2 bridgehead atoms. The van der Waals surface area contributed by atoms with Crippen molar-refractivity contribution in [2.45, 2.75) is 37.8 Å². The van der Waals surface area contributed by atoms with Crippen LogP contribution in [0.5, 0.6) is 5.75 Å². The Hall–Kier alpha value is -2.40. The number of hydrogen-bond acceptors (Lipinski definition) is 4. The Labute approximate surface area is 171 Å². The molecular weight excluding hydrogens is 364 g/mol. The van der Waals surface area contributed by atoms with Crippen LogP contribution in [-0.2, 0) is 9.53 Å². The molecule has 3 aliphatic heterocycles. The third-order valence-electron chi connectivity index (χ3n) is 7.13. The second kappa shape index (κ2) is 7.45. The fraction of sp³-hybridized carbons (Fsp3) is 0.500. The quantitative estimate of drug-likeness (QED) is 0.606. The average Bonchev–Trinajstić information content (AvgIpc) is 3.62. The molecule has 4 aliphatic rings. The van der Waals surface area contributed by atoms with Gasteiger partial charge in [0.05, 0.1) is 31.6 Å². The van der Waals surface area contributed by atoms with E-state index in [2.05, 4.69) is 17.6 Å². The van der Waals surface area contributed by atoms with Crippen molar-refractivity contribution in [3.05, 3.63) is 48.7 Å². The number of carbonyl (C=O) groups is 1. The first kappa shape index (κ1) is 18.6. The predicted octanol–water partition coefficient (Wildman–Crippen LogP) is 2.72. The van der Waals surface area contributed by atoms with Crippen molar-refractivity contribution in [2.75, 3.05) is 20.2 Å². The molecule has 3 saturated heterocycles. The number of quaternary nitrogens is 1. The maximum absolute atomic E-state index is 12.7. The Morgan fingerprint density at radius 2 is 2.17 bits per heavy atom. The monoisotopic (exact) mass is 393 g/mol. The molecule has 0 spiro atoms. The Bertz CT molecular complexity index is 939. The lowest BCUT2D eigenvalue weighted by atomic mass is 9.73. The zero-order valence-corrected chi connectivity index (χ0v) is 17.0. The highest BCUT2D eigenvalue weighted by Gasteiger charge is 2.48. The topological polar surface area (TPSA) is 52.9 Å². The van der Waals surface area contributed by atoms with E-state index < -0.39 is 0 Å². The number of rotatable bonds is 6. The van der Waals surface area contributed by atoms with Crippen LogP contribution in [0.4, 0.5) is 0 Å². The van der Waals surface area contributed by atoms with Crippen LogP contribution in [0.1, 0.15) is 37.4 Å². The van der Waals surface area contributed by atoms with Crippen LogP contribution < -0.4 is 9.64 Å². The van der Waals surface area contributed by atoms with Crippen molar-refractivity contribution < 1.29 is 19.2 Å². The SMILES string of the molecule is C=C[C@H]1C[NH+]2CC[C@@H]1C[C@@H]2[C@H](OC(=O)C1CC1)c1ccnc2ccc(OC)cc12. The number of benzene rings is 1. The van der Waals surface area contributed by atoms with Gasteiger partial charge in [0.1, 0.15) is 11.8 Å². The fourth-order valence-electron chi connectivity index (χ4n) is 5.32. The summed E-state index contributed by atoms with van der Waals surface area (Å²) in [5, 5.41) is 1.02. The van der Waals surface area contributed by atoms with Gasteiger partial charge >= 0.3 is 5.97 Å². The maximum Gasteiger partial charge on any atom is 0.309 e. The maximum atomic E-state index is 12.7. The predicted molar refractivity (Wildman–Crippen MR) is 111 cm³/mol. The van der Waals surface area contributed by atoms with Gasteiger partial charge in [0.2, 0.25) is 0 Å². The Kier molecular flexibility index (Phi) is 4.78. The van der Waals surface area contributed by atoms with Crippen LogP contribution >= 0.6 is 0 Å². The van der Waals surface area contributed by atoms with Crippen LogP contribution in [0.15, 0.2) is 43.1 Å². The summed E-state index contributed by atoms with van der Waals surface area (Å²) >= 11 is 0. The van der Waals surface area contributed by atoms with Crippen molar-refractivity contribution in [1.82, 2.24) is 4.98 Å². The van der Waals surface area contributed by atoms with Crippen molar-refractivity contribution >= 4 is 16.9 Å². The summed E-state index contributed by atoms with van der Waals surface area (Å²) in [6, 6.07) is 8.24. The van der Waals surface area contributed by atoms with E-state index in [-0.39, 0.29) is 24.0 Å². The summed E-state index contributed by atoms with van der Waals surface area (Å²) in [4.78, 5) is 18.8. The highest BCUT2D eigenvalue weighted by molar-refractivity contribution is 5.84. The van der Waals surface area contributed by atoms with Gasteiger partial charge in [-0.15, -0.1) is 6.58 Å². The van der Waals surface area contributed by atoms with Crippen LogP contribution in [0, 0.1) is 17.8 Å². The van der Waals surface area contributed by atoms with Crippen LogP contribution in [0.2, 0.25) is 0 Å². The van der Waals surface area contributed by atoms with Gasteiger partial charge in [0.25, 0.3) is 0 Å². The molecule has 2 aromatic rings. The van der Waals surface area contributed by atoms with Crippen molar-refractivity contribution in [3.8, 4) is 5.75 Å². The zero-order chi connectivity index (χ0) is 20.0. The molecule has 4 fully saturated rings. The lowest BCUT2D eigenvalue weighted by molar-refractivity contribution is -0.949. The van der Waals surface area contributed by atoms with Crippen molar-refractivity contribution in [1.29, 1.82) is 0 Å². The number of nitrogens with zero attached hydrogens (tertiary/aromatic N) is 1. The van der Waals surface area contributed by atoms with Crippen LogP contribution in [-0.4, -0.2) is 37.2 Å². The summed E-state index contributed by atoms with van der Waals surface area (Å²) in [6.07, 6.45) is 7.93. The third-order valence-corrected chi connectivity index (χ3v) is 7.13. The molecule has 0 radical (unpaired) electrons. The zero-order valence-electron chi connectivity index (χ0n) is 17.0. The van der Waals surface area contributed by atoms with E-state index in [0.717, 1.165) is 54.6 Å². The van der Waals surface area contributed by atoms with Gasteiger partial charge in [-0.2, -0.15) is 0 Å². The van der Waals surface area contributed by atoms with E-state index in [9.17, 15) is 4.79 Å². The normalized spacial score (nSPS) is 29.4. The van der Waals surface area contributed by atoms with E-state index in [0.29, 0.717) is 11.8 Å². The summed E-state index contributed by atoms with van der Waals surface area (Å²) in [6.45, 7) is 6.28. The average molecular weight is 394 g/mol. The van der Waals surface area contributed by atoms with Crippen LogP contribution in [0.3, 0.4) is 0 Å². The number of methoxy groups -OCH3 is 1. The number of carbonyl (C=O) groups excluding carboxylic acids is 1. The summed E-state index contributed by atoms with van der Waals surface area (Å²) in [5.41, 5.74) is 1.97. The first-order valence-electron chi connectivity index (χ1n) is 10.8. The number of nitrogens with one attached hydrogen (secondary N) is 1. The molecule has 29 heavy (non-hydrogen) atoms. The number of ether oxygens (including phenoxy) is 2. The minimum Gasteiger partial charge on any atom is -0.497 e. The molecule has 152 valence electrons. The molecule has 1 aliphatic carbocycles. The fourth-order valence-corrected chi connectivity index (χ4v) is 5.32. The molecular formula is C24H29N2O3+. The molecule has 1 aromatic heterocycles. The molecule has 5 heteroatoms. The largest absolute Gasteiger partial charge is 0.497 e. The number of aromatic nitrogens is 1. The minimum absolute atomic E-state index is 0.0369. The molecule has 5 nitrogen and oxygen atoms in total. The standard InChI is InChI=1S/C24H28N2O3/c1-3-15-14-26-11-9-17(15)12-22(26)23(29-24(27)16-4-5-16)19-8-10-25-21-7-6-18(28-2)13-20(19)21/h3,6-8,10,13,15-17,22-23H,1,4-5,9,11-12,14H2,2H3/p+1/t15-,17+,22+,23+/m0/s1. The van der Waals surface area contributed by atoms with Gasteiger partial charge in [0, 0.05) is 35.9 Å². The van der Waals surface area contributed by atoms with Gasteiger partial charge in [-0.25, -0.2) is 0 Å². The van der Waals surface area contributed by atoms with Gasteiger partial charge in [-0.3, -0.25) is 9.78 Å². The summed E-state index contributed by atoms with van der Waals surface area (Å²) in [5.74, 6) is 2.06. The van der Waals surface area contributed by atoms with E-state index >= 15 is 0 Å². The van der Waals surface area contributed by atoms with Gasteiger partial charge in [-0.05, 0) is 43.0 Å². The van der Waals surface area contributed by atoms with E-state index in [1.165, 1.54) is 6.42 Å². The lowest BCUT2D eigenvalue weighted by Crippen LogP contribution is -3.20. The second-order valence-corrected chi connectivity index (χ2v) is 8.82. The van der Waals surface area contributed by atoms with Gasteiger partial charge < -0.3 is 14.4 Å². The number of pyridine rings is 1. The smallest absolute Gasteiger partial charge is 0.309 e. The Morgan fingerprint density at radius 1 is 1.31 bits per heavy atom.